The van der Waals surface area contributed by atoms with Crippen LogP contribution in [-0.2, 0) is 9.63 Å². The summed E-state index contributed by atoms with van der Waals surface area (Å²) in [6.07, 6.45) is 0.787. The van der Waals surface area contributed by atoms with Crippen LogP contribution < -0.4 is 5.48 Å². The molecule has 3 nitrogen and oxygen atoms in total. The number of carbonyl (C=O) groups is 1. The molecule has 0 aromatic heterocycles. The van der Waals surface area contributed by atoms with Crippen molar-refractivity contribution in [2.75, 3.05) is 6.61 Å². The molecule has 0 aliphatic heterocycles. The van der Waals surface area contributed by atoms with Crippen LogP contribution in [0.4, 0.5) is 0 Å². The largest absolute Gasteiger partial charge is 0.302 e. The molecule has 0 aromatic carbocycles. The second kappa shape index (κ2) is 6.14. The molecule has 12 heavy (non-hydrogen) atoms. The van der Waals surface area contributed by atoms with E-state index in [-0.39, 0.29) is 11.7 Å². The number of rotatable bonds is 6. The average Bonchev–Trinajstić information content (AvgIpc) is 1.97. The Kier molecular flexibility index (Phi) is 5.93. The van der Waals surface area contributed by atoms with Gasteiger partial charge in [0.2, 0.25) is 0 Å². The van der Waals surface area contributed by atoms with Crippen LogP contribution >= 0.6 is 0 Å². The monoisotopic (exact) mass is 173 g/mol. The summed E-state index contributed by atoms with van der Waals surface area (Å²) in [4.78, 5) is 15.9. The Labute approximate surface area is 74.4 Å². The van der Waals surface area contributed by atoms with Gasteiger partial charge in [0.1, 0.15) is 5.78 Å². The highest BCUT2D eigenvalue weighted by Crippen LogP contribution is 2.01. The molecule has 3 heteroatoms. The number of hydrogen-bond donors (Lipinski definition) is 1. The highest BCUT2D eigenvalue weighted by molar-refractivity contribution is 5.77. The fraction of sp³-hybridized carbons (Fsp3) is 0.889. The number of carbonyl (C=O) groups excluding carboxylic acids is 1. The van der Waals surface area contributed by atoms with Crippen molar-refractivity contribution in [2.24, 2.45) is 5.92 Å². The molecule has 0 bridgehead atoms. The van der Waals surface area contributed by atoms with E-state index < -0.39 is 0 Å². The summed E-state index contributed by atoms with van der Waals surface area (Å²) in [5.74, 6) is 0.335. The Balaban J connectivity index is 3.25. The number of hydroxylamine groups is 1. The third kappa shape index (κ3) is 6.31. The maximum absolute atomic E-state index is 10.8. The topological polar surface area (TPSA) is 38.3 Å². The molecule has 1 atom stereocenters. The Morgan fingerprint density at radius 3 is 2.42 bits per heavy atom. The normalized spacial score (nSPS) is 13.4. The molecule has 0 spiro atoms. The number of ketones is 1. The first kappa shape index (κ1) is 11.6. The minimum Gasteiger partial charge on any atom is -0.302 e. The van der Waals surface area contributed by atoms with Gasteiger partial charge >= 0.3 is 0 Å². The van der Waals surface area contributed by atoms with Gasteiger partial charge in [0.25, 0.3) is 0 Å². The van der Waals surface area contributed by atoms with Crippen molar-refractivity contribution in [3.8, 4) is 0 Å². The smallest absolute Gasteiger partial charge is 0.132 e. The van der Waals surface area contributed by atoms with E-state index in [1.54, 1.807) is 6.92 Å². The highest BCUT2D eigenvalue weighted by Gasteiger charge is 2.06. The lowest BCUT2D eigenvalue weighted by Crippen LogP contribution is -2.24. The standard InChI is InChI=1S/C9H19NO2/c1-7(2)10-12-6-5-8(3)9(4)11/h7-8,10H,5-6H2,1-4H3. The van der Waals surface area contributed by atoms with Gasteiger partial charge in [-0.15, -0.1) is 0 Å². The van der Waals surface area contributed by atoms with Gasteiger partial charge in [0.05, 0.1) is 6.61 Å². The van der Waals surface area contributed by atoms with E-state index in [4.69, 9.17) is 4.84 Å². The predicted molar refractivity (Wildman–Crippen MR) is 48.7 cm³/mol. The lowest BCUT2D eigenvalue weighted by atomic mass is 10.1. The van der Waals surface area contributed by atoms with Gasteiger partial charge in [-0.2, -0.15) is 0 Å². The minimum atomic E-state index is 0.110. The first-order chi connectivity index (χ1) is 5.54. The molecule has 0 saturated carbocycles. The van der Waals surface area contributed by atoms with E-state index in [0.29, 0.717) is 12.6 Å². The van der Waals surface area contributed by atoms with Crippen molar-refractivity contribution in [3.63, 3.8) is 0 Å². The summed E-state index contributed by atoms with van der Waals surface area (Å²) in [7, 11) is 0. The van der Waals surface area contributed by atoms with Crippen molar-refractivity contribution in [1.29, 1.82) is 0 Å². The summed E-state index contributed by atoms with van der Waals surface area (Å²) in [6, 6.07) is 0.331. The molecular weight excluding hydrogens is 154 g/mol. The zero-order valence-corrected chi connectivity index (χ0v) is 8.39. The van der Waals surface area contributed by atoms with Crippen molar-refractivity contribution in [2.45, 2.75) is 40.2 Å². The van der Waals surface area contributed by atoms with E-state index in [1.165, 1.54) is 0 Å². The molecule has 0 rings (SSSR count). The van der Waals surface area contributed by atoms with Crippen LogP contribution in [0.3, 0.4) is 0 Å². The summed E-state index contributed by atoms with van der Waals surface area (Å²) >= 11 is 0. The summed E-state index contributed by atoms with van der Waals surface area (Å²) in [5.41, 5.74) is 2.83. The van der Waals surface area contributed by atoms with Crippen LogP contribution in [0.15, 0.2) is 0 Å². The maximum Gasteiger partial charge on any atom is 0.132 e. The molecule has 0 amide bonds. The molecule has 0 fully saturated rings. The number of nitrogens with one attached hydrogen (secondary N) is 1. The van der Waals surface area contributed by atoms with Crippen LogP contribution in [0.25, 0.3) is 0 Å². The zero-order valence-electron chi connectivity index (χ0n) is 8.39. The summed E-state index contributed by atoms with van der Waals surface area (Å²) < 4.78 is 0. The quantitative estimate of drug-likeness (QED) is 0.489. The van der Waals surface area contributed by atoms with E-state index in [0.717, 1.165) is 6.42 Å². The van der Waals surface area contributed by atoms with Crippen LogP contribution in [0.5, 0.6) is 0 Å². The molecule has 0 aliphatic rings. The average molecular weight is 173 g/mol. The number of Topliss-reactive ketones (excluding diaryl/α,β-unsaturated/α-hetero) is 1. The van der Waals surface area contributed by atoms with Gasteiger partial charge in [-0.1, -0.05) is 6.92 Å². The minimum absolute atomic E-state index is 0.110. The predicted octanol–water partition coefficient (Wildman–Crippen LogP) is 1.53. The van der Waals surface area contributed by atoms with Gasteiger partial charge in [-0.3, -0.25) is 4.79 Å². The van der Waals surface area contributed by atoms with Gasteiger partial charge in [-0.05, 0) is 27.2 Å². The lowest BCUT2D eigenvalue weighted by molar-refractivity contribution is -0.121. The molecule has 0 aliphatic carbocycles. The van der Waals surface area contributed by atoms with Gasteiger partial charge < -0.3 is 4.84 Å². The molecule has 72 valence electrons. The van der Waals surface area contributed by atoms with Crippen molar-refractivity contribution in [1.82, 2.24) is 5.48 Å². The SMILES string of the molecule is CC(=O)C(C)CCONC(C)C. The van der Waals surface area contributed by atoms with Gasteiger partial charge in [0.15, 0.2) is 0 Å². The van der Waals surface area contributed by atoms with Crippen molar-refractivity contribution < 1.29 is 9.63 Å². The maximum atomic E-state index is 10.8. The third-order valence-corrected chi connectivity index (χ3v) is 1.67. The van der Waals surface area contributed by atoms with Crippen LogP contribution in [0.1, 0.15) is 34.1 Å². The first-order valence-corrected chi connectivity index (χ1v) is 4.41. The van der Waals surface area contributed by atoms with Crippen LogP contribution in [-0.4, -0.2) is 18.4 Å². The molecular formula is C9H19NO2. The molecule has 0 saturated heterocycles. The Morgan fingerprint density at radius 1 is 1.42 bits per heavy atom. The summed E-state index contributed by atoms with van der Waals surface area (Å²) in [5, 5.41) is 0. The van der Waals surface area contributed by atoms with E-state index in [1.807, 2.05) is 20.8 Å². The van der Waals surface area contributed by atoms with Crippen molar-refractivity contribution >= 4 is 5.78 Å². The van der Waals surface area contributed by atoms with Gasteiger partial charge in [0, 0.05) is 12.0 Å². The Bertz CT molecular complexity index is 134. The molecule has 1 N–H and O–H groups in total. The summed E-state index contributed by atoms with van der Waals surface area (Å²) in [6.45, 7) is 8.14. The highest BCUT2D eigenvalue weighted by atomic mass is 16.6. The van der Waals surface area contributed by atoms with Crippen molar-refractivity contribution in [3.05, 3.63) is 0 Å². The van der Waals surface area contributed by atoms with E-state index >= 15 is 0 Å². The van der Waals surface area contributed by atoms with Crippen LogP contribution in [0, 0.1) is 5.92 Å². The Hall–Kier alpha value is -0.410. The molecule has 0 aromatic rings. The molecule has 1 unspecified atom stereocenters. The lowest BCUT2D eigenvalue weighted by Gasteiger charge is -2.10. The fourth-order valence-electron chi connectivity index (χ4n) is 0.665. The zero-order chi connectivity index (χ0) is 9.56. The van der Waals surface area contributed by atoms with Gasteiger partial charge in [-0.25, -0.2) is 5.48 Å². The third-order valence-electron chi connectivity index (χ3n) is 1.67. The van der Waals surface area contributed by atoms with E-state index in [2.05, 4.69) is 5.48 Å². The second-order valence-corrected chi connectivity index (χ2v) is 3.42. The molecule has 0 heterocycles. The Morgan fingerprint density at radius 2 is 2.00 bits per heavy atom. The molecule has 0 radical (unpaired) electrons. The number of hydrogen-bond acceptors (Lipinski definition) is 3. The first-order valence-electron chi connectivity index (χ1n) is 4.41. The fourth-order valence-corrected chi connectivity index (χ4v) is 0.665. The van der Waals surface area contributed by atoms with E-state index in [9.17, 15) is 4.79 Å². The second-order valence-electron chi connectivity index (χ2n) is 3.42. The van der Waals surface area contributed by atoms with Crippen LogP contribution in [0.2, 0.25) is 0 Å².